The summed E-state index contributed by atoms with van der Waals surface area (Å²) in [4.78, 5) is 0. The van der Waals surface area contributed by atoms with Gasteiger partial charge in [-0.25, -0.2) is 0 Å². The average Bonchev–Trinajstić information content (AvgIpc) is 1.54. The minimum Gasteiger partial charge on any atom is -0.458 e. The van der Waals surface area contributed by atoms with Gasteiger partial charge in [0.1, 0.15) is 46.0 Å². The second-order valence-electron chi connectivity index (χ2n) is 45.0. The van der Waals surface area contributed by atoms with Crippen LogP contribution in [0.2, 0.25) is 0 Å². The van der Waals surface area contributed by atoms with E-state index in [0.717, 1.165) is 56.9 Å². The molecule has 1 aliphatic carbocycles. The first kappa shape index (κ1) is 85.9. The molecule has 718 valence electrons. The molecular formula is C139H127B2NO4. The summed E-state index contributed by atoms with van der Waals surface area (Å²) >= 11 is 0. The lowest BCUT2D eigenvalue weighted by molar-refractivity contribution is 0.446. The third-order valence-corrected chi connectivity index (χ3v) is 28.8. The highest BCUT2D eigenvalue weighted by atomic mass is 16.5. The van der Waals surface area contributed by atoms with Gasteiger partial charge in [0.25, 0.3) is 13.4 Å². The molecule has 0 N–H and O–H groups in total. The van der Waals surface area contributed by atoms with Crippen LogP contribution in [0.3, 0.4) is 0 Å². The zero-order valence-corrected chi connectivity index (χ0v) is 87.0. The number of hydrogen-bond acceptors (Lipinski definition) is 4. The number of para-hydroxylation sites is 6. The van der Waals surface area contributed by atoms with Crippen LogP contribution in [0.4, 0.5) is 0 Å². The molecule has 0 radical (unpaired) electrons. The van der Waals surface area contributed by atoms with E-state index in [1.165, 1.54) is 161 Å². The first-order chi connectivity index (χ1) is 73.9. The van der Waals surface area contributed by atoms with Gasteiger partial charge in [-0.05, 0) is 256 Å². The van der Waals surface area contributed by atoms with Gasteiger partial charge < -0.3 is 23.3 Å². The largest absolute Gasteiger partial charge is 0.458 e. The van der Waals surface area contributed by atoms with E-state index in [1.807, 2.05) is 51.1 Å². The van der Waals surface area contributed by atoms with Crippen LogP contribution in [0.15, 0.2) is 424 Å². The number of fused-ring (bicyclic) bond motifs is 22. The number of nitrogens with zero attached hydrogens (tertiary/aromatic N) is 1. The maximum atomic E-state index is 8.52. The van der Waals surface area contributed by atoms with Gasteiger partial charge in [-0.1, -0.05) is 482 Å². The summed E-state index contributed by atoms with van der Waals surface area (Å²) in [7, 11) is 0. The van der Waals surface area contributed by atoms with E-state index in [-0.39, 0.29) is 93.4 Å². The smallest absolute Gasteiger partial charge is 0.260 e. The normalized spacial score (nSPS) is 13.5. The fraction of sp³-hybridized carbons (Fsp3) is 0.180. The van der Waals surface area contributed by atoms with Crippen molar-refractivity contribution in [2.24, 2.45) is 0 Å². The van der Waals surface area contributed by atoms with Crippen molar-refractivity contribution in [1.29, 1.82) is 0 Å². The van der Waals surface area contributed by atoms with Crippen molar-refractivity contribution in [2.45, 2.75) is 164 Å². The third kappa shape index (κ3) is 18.5. The lowest BCUT2D eigenvalue weighted by Crippen LogP contribution is -2.57. The zero-order chi connectivity index (χ0) is 109. The summed E-state index contributed by atoms with van der Waals surface area (Å²) in [5.74, 6) is 7.46. The molecule has 21 aromatic rings. The van der Waals surface area contributed by atoms with Crippen LogP contribution >= 0.6 is 0 Å². The molecule has 0 atom stereocenters. The van der Waals surface area contributed by atoms with Gasteiger partial charge >= 0.3 is 0 Å². The van der Waals surface area contributed by atoms with E-state index >= 15 is 0 Å². The number of benzene rings is 19. The highest BCUT2D eigenvalue weighted by molar-refractivity contribution is 6.99. The first-order valence-electron chi connectivity index (χ1n) is 55.5. The molecule has 26 rings (SSSR count). The van der Waals surface area contributed by atoms with Crippen molar-refractivity contribution in [3.05, 3.63) is 463 Å². The van der Waals surface area contributed by atoms with Gasteiger partial charge in [-0.2, -0.15) is 0 Å². The molecule has 0 saturated carbocycles. The minimum absolute atomic E-state index is 0.00182. The Morgan fingerprint density at radius 3 is 0.973 bits per heavy atom. The zero-order valence-electron chi connectivity index (χ0n) is 96.0. The molecule has 5 aliphatic rings. The van der Waals surface area contributed by atoms with Crippen molar-refractivity contribution in [3.63, 3.8) is 0 Å². The molecule has 7 heteroatoms. The molecule has 0 bridgehead atoms. The fourth-order valence-electron chi connectivity index (χ4n) is 21.8. The highest BCUT2D eigenvalue weighted by Crippen LogP contribution is 2.52. The number of hydrogen-bond donors (Lipinski definition) is 0. The molecule has 0 unspecified atom stereocenters. The average molecular weight is 1910 g/mol. The topological polar surface area (TPSA) is 41.3 Å². The molecular weight excluding hydrogens is 1770 g/mol. The van der Waals surface area contributed by atoms with Crippen LogP contribution in [0.5, 0.6) is 46.0 Å². The Bertz CT molecular complexity index is 8730. The Morgan fingerprint density at radius 2 is 0.562 bits per heavy atom. The molecule has 4 aliphatic heterocycles. The lowest BCUT2D eigenvalue weighted by Gasteiger charge is -2.35. The van der Waals surface area contributed by atoms with Crippen LogP contribution < -0.4 is 51.7 Å². The second kappa shape index (κ2) is 38.4. The molecule has 0 fully saturated rings. The van der Waals surface area contributed by atoms with Crippen LogP contribution in [-0.2, 0) is 32.5 Å². The van der Waals surface area contributed by atoms with Crippen molar-refractivity contribution >= 4 is 84.3 Å². The SMILES string of the molecule is CC(C)(C)c1c(-c2ccccc2)cccc1-c1ccccc1.CC(C)(C)c1cc2c3c(c1)Oc1ccccc1B3c1ccccc1O2.CC(C)(C)c1cc2c3ccccc3n3c4ccccc4c(c1)c23.CC(C)(C)c1ccc2c(c1)-c1ccccc1-c1ccccc1-c1ccccc1-2.CC(C)(C)c1ccc2c3c1Oc1ccccc1B3c1ccccc1O2.[2H]c1c([2H])c([2H])c(-c2cccc(-c3c([2H])c([2H])c(C)c([2H])c3[2H])c2C(C)(C)C)c([2H])c1[2H]. The van der Waals surface area contributed by atoms with Gasteiger partial charge in [-0.3, -0.25) is 0 Å². The summed E-state index contributed by atoms with van der Waals surface area (Å²) in [5, 5.41) is 5.45. The number of ether oxygens (including phenoxy) is 4. The van der Waals surface area contributed by atoms with Crippen molar-refractivity contribution in [2.75, 3.05) is 0 Å². The fourth-order valence-corrected chi connectivity index (χ4v) is 21.8. The molecule has 0 amide bonds. The Kier molecular flexibility index (Phi) is 22.6. The summed E-state index contributed by atoms with van der Waals surface area (Å²) in [6.45, 7) is 41.5. The maximum Gasteiger partial charge on any atom is 0.260 e. The Hall–Kier alpha value is -15.7. The van der Waals surface area contributed by atoms with E-state index < -0.39 is 23.5 Å². The summed E-state index contributed by atoms with van der Waals surface area (Å²) in [6, 6.07) is 128. The molecule has 0 spiro atoms. The van der Waals surface area contributed by atoms with Crippen LogP contribution in [0.25, 0.3) is 127 Å². The van der Waals surface area contributed by atoms with Gasteiger partial charge in [0, 0.05) is 32.5 Å². The molecule has 5 nitrogen and oxygen atoms in total. The van der Waals surface area contributed by atoms with E-state index in [4.69, 9.17) is 31.3 Å². The predicted octanol–water partition coefficient (Wildman–Crippen LogP) is 34.5. The maximum absolute atomic E-state index is 8.52. The third-order valence-electron chi connectivity index (χ3n) is 28.8. The van der Waals surface area contributed by atoms with Crippen molar-refractivity contribution in [1.82, 2.24) is 4.40 Å². The quantitative estimate of drug-likeness (QED) is 0.165. The standard InChI is InChI=1S/C28H24.C23H24.2C22H19BO2.C22H19N.C22H22/c1-28(2,3)19-16-17-26-24-14-7-6-12-22(24)20-10-4-5-11-21(20)23-13-8-9-15-25(23)27(26)18-19;1-17-13-15-19(16-14-17)21-12-8-11-20(22(21)23(2,3)4)18-9-6-5-7-10-18;1-22(2,3)14-12-19-21-20(13-14)25-18-11-7-5-9-16(18)23(21)15-8-4-6-10-17(15)24-19;1-22(2,3)14-12-13-19-20-21(14)25-18-11-7-5-9-16(18)23(20)15-8-4-6-10-17(15)24-19;1-22(2,3)14-12-17-15-8-4-6-10-19(15)23-20-11-7-5-9-16(20)18(13-14)21(17)23;1-22(2,3)21-19(17-11-6-4-7-12-17)15-10-16-20(21)18-13-8-5-9-14-18/h4-18H,1-3H3;5-16H,1-4H3;2*4-13H,1-3H3;4-13H,1-3H3;4-16H,1-3H3/i;5D,6D,7D,9D,10D,13D,14D,15D,16D;;;;. The number of aromatic nitrogens is 1. The Balaban J connectivity index is 0.000000108. The molecule has 146 heavy (non-hydrogen) atoms. The van der Waals surface area contributed by atoms with Gasteiger partial charge in [0.05, 0.1) is 28.9 Å². The lowest BCUT2D eigenvalue weighted by atomic mass is 9.34. The summed E-state index contributed by atoms with van der Waals surface area (Å²) < 4.78 is 102. The Morgan fingerprint density at radius 1 is 0.226 bits per heavy atom. The van der Waals surface area contributed by atoms with Gasteiger partial charge in [0.2, 0.25) is 0 Å². The van der Waals surface area contributed by atoms with Crippen LogP contribution in [0.1, 0.15) is 176 Å². The molecule has 19 aromatic carbocycles. The first-order valence-corrected chi connectivity index (χ1v) is 51.0. The molecule has 6 heterocycles. The monoisotopic (exact) mass is 1910 g/mol. The predicted molar refractivity (Wildman–Crippen MR) is 623 cm³/mol. The van der Waals surface area contributed by atoms with E-state index in [2.05, 4.69) is 430 Å². The second-order valence-corrected chi connectivity index (χ2v) is 45.0. The minimum atomic E-state index is -0.608. The molecule has 0 saturated heterocycles. The van der Waals surface area contributed by atoms with E-state index in [0.29, 0.717) is 16.7 Å². The summed E-state index contributed by atoms with van der Waals surface area (Å²) in [5.41, 5.74) is 35.0. The van der Waals surface area contributed by atoms with Crippen molar-refractivity contribution in [3.8, 4) is 135 Å². The highest BCUT2D eigenvalue weighted by Gasteiger charge is 2.44. The van der Waals surface area contributed by atoms with Gasteiger partial charge in [0.15, 0.2) is 0 Å². The van der Waals surface area contributed by atoms with Crippen LogP contribution in [0, 0.1) is 6.92 Å². The molecule has 2 aromatic heterocycles. The van der Waals surface area contributed by atoms with E-state index in [9.17, 15) is 0 Å². The van der Waals surface area contributed by atoms with Gasteiger partial charge in [-0.15, -0.1) is 0 Å². The Labute approximate surface area is 876 Å². The van der Waals surface area contributed by atoms with Crippen molar-refractivity contribution < 1.29 is 31.3 Å². The summed E-state index contributed by atoms with van der Waals surface area (Å²) in [6.07, 6.45) is 0. The van der Waals surface area contributed by atoms with E-state index in [1.54, 1.807) is 18.2 Å². The number of rotatable bonds is 4. The van der Waals surface area contributed by atoms with Crippen LogP contribution in [-0.4, -0.2) is 17.8 Å².